The fraction of sp³-hybridized carbons (Fsp3) is 0.444. The van der Waals surface area contributed by atoms with Crippen molar-refractivity contribution in [2.24, 2.45) is 0 Å². The van der Waals surface area contributed by atoms with E-state index in [4.69, 9.17) is 45.4 Å². The molecule has 0 fully saturated rings. The highest BCUT2D eigenvalue weighted by atomic mass is 31.3. The number of fused-ring (bicyclic) bond motifs is 2. The van der Waals surface area contributed by atoms with Crippen molar-refractivity contribution in [3.63, 3.8) is 0 Å². The van der Waals surface area contributed by atoms with Crippen LogP contribution in [0.2, 0.25) is 0 Å². The van der Waals surface area contributed by atoms with E-state index in [1.54, 1.807) is 11.5 Å². The minimum Gasteiger partial charge on any atom is -0.382 e. The third-order valence-electron chi connectivity index (χ3n) is 5.49. The smallest absolute Gasteiger partial charge is 0.382 e. The summed E-state index contributed by atoms with van der Waals surface area (Å²) in [5.74, 6) is 0.390. The Hall–Kier alpha value is -2.63. The highest BCUT2D eigenvalue weighted by molar-refractivity contribution is 7.68. The number of hydrogen-bond donors (Lipinski definition) is 9. The third kappa shape index (κ3) is 13.5. The van der Waals surface area contributed by atoms with Crippen LogP contribution in [0.25, 0.3) is 22.3 Å². The van der Waals surface area contributed by atoms with Gasteiger partial charge in [0, 0.05) is 0 Å². The highest BCUT2D eigenvalue weighted by Gasteiger charge is 2.40. The molecule has 0 spiro atoms. The zero-order valence-corrected chi connectivity index (χ0v) is 29.9. The lowest BCUT2D eigenvalue weighted by atomic mass is 10.4. The lowest BCUT2D eigenvalue weighted by Gasteiger charge is -2.19. The van der Waals surface area contributed by atoms with Crippen molar-refractivity contribution in [3.8, 4) is 0 Å². The lowest BCUT2D eigenvalue weighted by Crippen LogP contribution is -2.17. The number of nitrogens with zero attached hydrogens (tertiary/aromatic N) is 8. The van der Waals surface area contributed by atoms with Gasteiger partial charge < -0.3 is 64.3 Å². The summed E-state index contributed by atoms with van der Waals surface area (Å²) >= 11 is 0. The van der Waals surface area contributed by atoms with Gasteiger partial charge in [-0.1, -0.05) is 0 Å². The van der Waals surface area contributed by atoms with Gasteiger partial charge in [0.1, 0.15) is 36.4 Å². The van der Waals surface area contributed by atoms with Gasteiger partial charge in [-0.3, -0.25) is 9.13 Å². The Kier molecular flexibility index (Phi) is 13.7. The van der Waals surface area contributed by atoms with E-state index in [1.165, 1.54) is 36.8 Å². The van der Waals surface area contributed by atoms with Gasteiger partial charge in [0.05, 0.1) is 38.0 Å². The van der Waals surface area contributed by atoms with Crippen molar-refractivity contribution in [2.45, 2.75) is 39.1 Å². The maximum Gasteiger partial charge on any atom is 0.488 e. The molecule has 4 heterocycles. The summed E-state index contributed by atoms with van der Waals surface area (Å²) in [6, 6.07) is 0. The molecule has 4 rings (SSSR count). The molecule has 27 nitrogen and oxygen atoms in total. The minimum atomic E-state index is -5.49. The van der Waals surface area contributed by atoms with E-state index in [9.17, 15) is 32.6 Å². The van der Waals surface area contributed by atoms with Crippen LogP contribution in [-0.4, -0.2) is 98.2 Å². The molecular weight excluding hydrogens is 783 g/mol. The van der Waals surface area contributed by atoms with Crippen molar-refractivity contribution >= 4 is 72.6 Å². The molecule has 5 atom stereocenters. The van der Waals surface area contributed by atoms with Gasteiger partial charge in [-0.15, -0.1) is 0 Å². The second kappa shape index (κ2) is 16.4. The quantitative estimate of drug-likeness (QED) is 0.0684. The van der Waals surface area contributed by atoms with Gasteiger partial charge in [0.15, 0.2) is 22.9 Å². The topological polar surface area (TPSA) is 412 Å². The number of ether oxygens (including phenoxy) is 2. The van der Waals surface area contributed by atoms with Gasteiger partial charge in [0.25, 0.3) is 0 Å². The van der Waals surface area contributed by atoms with Crippen LogP contribution >= 0.6 is 38.7 Å². The Labute approximate surface area is 279 Å². The summed E-state index contributed by atoms with van der Waals surface area (Å²) in [6.45, 7) is 3.43. The molecule has 32 heteroatoms. The van der Waals surface area contributed by atoms with Crippen molar-refractivity contribution in [3.05, 3.63) is 25.3 Å². The predicted octanol–water partition coefficient (Wildman–Crippen LogP) is 0.249. The molecule has 50 heavy (non-hydrogen) atoms. The molecule has 0 saturated carbocycles. The van der Waals surface area contributed by atoms with Crippen LogP contribution in [-0.2, 0) is 58.3 Å². The standard InChI is InChI=1S/C9H16N5O10P3.C9H15N5O7P2/c1-6(2-14-4-13-7-8(10)11-3-12-9(7)14)22-5-25(15,16)23-27(20,21)24-26(17,18)19;1-6(20-5-22(15,16)21-23(17,18)19)2-14-4-13-7-8(10)11-3-12-9(7)14/h3-4,6H,2,5H2,1H3,(H,15,16)(H,20,21)(H2,10,11,12)(H2,17,18,19);3-4,6H,2,5H2,1H3,(H,15,16)(H2,10,11,12)(H2,17,18,19)/t2*6-/m11/s1. The van der Waals surface area contributed by atoms with Gasteiger partial charge in [0.2, 0.25) is 0 Å². The molecule has 0 aromatic carbocycles. The number of nitrogen functional groups attached to an aromatic ring is 2. The van der Waals surface area contributed by atoms with Crippen molar-refractivity contribution in [1.82, 2.24) is 39.0 Å². The van der Waals surface area contributed by atoms with E-state index >= 15 is 0 Å². The van der Waals surface area contributed by atoms with Crippen molar-refractivity contribution < 1.29 is 79.5 Å². The van der Waals surface area contributed by atoms with Crippen LogP contribution in [0.5, 0.6) is 0 Å². The van der Waals surface area contributed by atoms with Gasteiger partial charge in [-0.2, -0.15) is 4.31 Å². The Bertz CT molecular complexity index is 2030. The molecule has 0 aliphatic carbocycles. The summed E-state index contributed by atoms with van der Waals surface area (Å²) in [4.78, 5) is 85.6. The van der Waals surface area contributed by atoms with Gasteiger partial charge in [-0.25, -0.2) is 52.2 Å². The van der Waals surface area contributed by atoms with Crippen molar-refractivity contribution in [1.29, 1.82) is 0 Å². The average Bonchev–Trinajstić information content (AvgIpc) is 3.54. The predicted molar refractivity (Wildman–Crippen MR) is 167 cm³/mol. The second-order valence-corrected chi connectivity index (χ2v) is 17.8. The molecule has 11 N–H and O–H groups in total. The first-order chi connectivity index (χ1) is 22.9. The minimum absolute atomic E-state index is 0.114. The number of phosphoric acid groups is 3. The monoisotopic (exact) mass is 814 g/mol. The average molecular weight is 814 g/mol. The summed E-state index contributed by atoms with van der Waals surface area (Å²) in [5, 5.41) is 0. The fourth-order valence-electron chi connectivity index (χ4n) is 3.69. The molecule has 280 valence electrons. The van der Waals surface area contributed by atoms with E-state index in [-0.39, 0.29) is 24.7 Å². The summed E-state index contributed by atoms with van der Waals surface area (Å²) < 4.78 is 80.1. The third-order valence-corrected chi connectivity index (χ3v) is 11.8. The first-order valence-electron chi connectivity index (χ1n) is 13.1. The van der Waals surface area contributed by atoms with E-state index in [1.807, 2.05) is 0 Å². The second-order valence-electron chi connectivity index (χ2n) is 9.84. The van der Waals surface area contributed by atoms with Crippen LogP contribution in [0, 0.1) is 0 Å². The van der Waals surface area contributed by atoms with Crippen LogP contribution in [0.4, 0.5) is 11.6 Å². The number of aromatic nitrogens is 8. The summed E-state index contributed by atoms with van der Waals surface area (Å²) in [7, 11) is -25.4. The SMILES string of the molecule is C[C@H](Cn1cnc2c(N)ncnc21)OCP(=O)(O)OP(=O)(O)O.C[C@H](Cn1cnc2c(N)ncnc21)OCP(=O)(O)OP(=O)(O)OP(=O)(O)O. The van der Waals surface area contributed by atoms with E-state index in [2.05, 4.69) is 42.8 Å². The fourth-order valence-corrected chi connectivity index (χ4v) is 9.04. The molecular formula is C18H31N10O17P5. The van der Waals surface area contributed by atoms with Crippen LogP contribution < -0.4 is 11.5 Å². The van der Waals surface area contributed by atoms with Gasteiger partial charge in [-0.05, 0) is 13.8 Å². The Morgan fingerprint density at radius 3 is 1.38 bits per heavy atom. The van der Waals surface area contributed by atoms with Crippen LogP contribution in [0.3, 0.4) is 0 Å². The number of imidazole rings is 2. The Morgan fingerprint density at radius 2 is 1.00 bits per heavy atom. The maximum absolute atomic E-state index is 11.8. The largest absolute Gasteiger partial charge is 0.488 e. The first kappa shape index (κ1) is 41.8. The molecule has 0 saturated heterocycles. The molecule has 3 unspecified atom stereocenters. The number of rotatable bonds is 16. The Morgan fingerprint density at radius 1 is 0.620 bits per heavy atom. The highest BCUT2D eigenvalue weighted by Crippen LogP contribution is 2.66. The molecule has 0 radical (unpaired) electrons. The summed E-state index contributed by atoms with van der Waals surface area (Å²) in [6.07, 6.45) is 2.14. The van der Waals surface area contributed by atoms with Crippen molar-refractivity contribution in [2.75, 3.05) is 24.2 Å². The number of hydrogen-bond acceptors (Lipinski definition) is 18. The molecule has 0 amide bonds. The molecule has 0 bridgehead atoms. The molecule has 4 aromatic heterocycles. The maximum atomic E-state index is 11.8. The van der Waals surface area contributed by atoms with E-state index in [0.29, 0.717) is 22.3 Å². The zero-order chi connectivity index (χ0) is 37.7. The van der Waals surface area contributed by atoms with E-state index < -0.39 is 63.6 Å². The number of anilines is 2. The Balaban J connectivity index is 0.000000274. The molecule has 0 aliphatic rings. The first-order valence-corrected chi connectivity index (χ1v) is 21.2. The van der Waals surface area contributed by atoms with E-state index in [0.717, 1.165) is 0 Å². The van der Waals surface area contributed by atoms with Gasteiger partial charge >= 0.3 is 38.7 Å². The lowest BCUT2D eigenvalue weighted by molar-refractivity contribution is 0.0757. The zero-order valence-electron chi connectivity index (χ0n) is 25.5. The van der Waals surface area contributed by atoms with Crippen LogP contribution in [0.1, 0.15) is 13.8 Å². The molecule has 0 aliphatic heterocycles. The van der Waals surface area contributed by atoms with Crippen LogP contribution in [0.15, 0.2) is 25.3 Å². The normalized spacial score (nSPS) is 17.3. The summed E-state index contributed by atoms with van der Waals surface area (Å²) in [5.41, 5.74) is 12.9. The molecule has 4 aromatic rings. The number of nitrogens with two attached hydrogens (primary N) is 2.